The van der Waals surface area contributed by atoms with Crippen LogP contribution in [0.5, 0.6) is 0 Å². The van der Waals surface area contributed by atoms with Gasteiger partial charge in [-0.25, -0.2) is 8.42 Å². The average Bonchev–Trinajstić information content (AvgIpc) is 2.79. The van der Waals surface area contributed by atoms with Gasteiger partial charge in [0.05, 0.1) is 23.1 Å². The van der Waals surface area contributed by atoms with Crippen molar-refractivity contribution in [2.45, 2.75) is 32.4 Å². The quantitative estimate of drug-likeness (QED) is 0.832. The molecule has 0 unspecified atom stereocenters. The zero-order valence-electron chi connectivity index (χ0n) is 11.7. The normalized spacial score (nSPS) is 20.9. The molecule has 0 bridgehead atoms. The second-order valence-corrected chi connectivity index (χ2v) is 7.57. The Labute approximate surface area is 120 Å². The van der Waals surface area contributed by atoms with E-state index in [2.05, 4.69) is 17.9 Å². The van der Waals surface area contributed by atoms with Crippen LogP contribution in [-0.4, -0.2) is 37.4 Å². The van der Waals surface area contributed by atoms with Gasteiger partial charge in [0.15, 0.2) is 9.84 Å². The molecule has 4 nitrogen and oxygen atoms in total. The van der Waals surface area contributed by atoms with Crippen LogP contribution in [0.2, 0.25) is 0 Å². The van der Waals surface area contributed by atoms with E-state index in [1.807, 2.05) is 18.2 Å². The Morgan fingerprint density at radius 1 is 1.45 bits per heavy atom. The first kappa shape index (κ1) is 15.0. The number of benzene rings is 1. The molecule has 0 aromatic heterocycles. The molecule has 1 aliphatic heterocycles. The van der Waals surface area contributed by atoms with Gasteiger partial charge in [-0.2, -0.15) is 5.26 Å². The Balaban J connectivity index is 2.11. The second kappa shape index (κ2) is 6.38. The Morgan fingerprint density at radius 2 is 2.25 bits per heavy atom. The zero-order valence-corrected chi connectivity index (χ0v) is 12.6. The molecule has 0 saturated carbocycles. The molecule has 0 N–H and O–H groups in total. The Bertz CT molecular complexity index is 605. The minimum Gasteiger partial charge on any atom is -0.295 e. The lowest BCUT2D eigenvalue weighted by molar-refractivity contribution is 0.204. The van der Waals surface area contributed by atoms with Gasteiger partial charge in [-0.15, -0.1) is 0 Å². The maximum absolute atomic E-state index is 11.6. The summed E-state index contributed by atoms with van der Waals surface area (Å²) in [6, 6.07) is 9.80. The summed E-state index contributed by atoms with van der Waals surface area (Å²) in [5.41, 5.74) is 1.72. The van der Waals surface area contributed by atoms with Crippen LogP contribution in [0, 0.1) is 11.3 Å². The summed E-state index contributed by atoms with van der Waals surface area (Å²) < 4.78 is 23.3. The van der Waals surface area contributed by atoms with Crippen LogP contribution in [0.4, 0.5) is 0 Å². The molecule has 0 radical (unpaired) electrons. The number of hydrogen-bond donors (Lipinski definition) is 0. The van der Waals surface area contributed by atoms with Crippen LogP contribution < -0.4 is 0 Å². The highest BCUT2D eigenvalue weighted by molar-refractivity contribution is 7.91. The molecular weight excluding hydrogens is 272 g/mol. The first-order chi connectivity index (χ1) is 9.54. The average molecular weight is 292 g/mol. The highest BCUT2D eigenvalue weighted by Gasteiger charge is 2.31. The van der Waals surface area contributed by atoms with E-state index in [0.717, 1.165) is 24.9 Å². The largest absolute Gasteiger partial charge is 0.295 e. The topological polar surface area (TPSA) is 61.2 Å². The van der Waals surface area contributed by atoms with E-state index in [0.29, 0.717) is 17.9 Å². The van der Waals surface area contributed by atoms with Crippen LogP contribution in [0.15, 0.2) is 24.3 Å². The summed E-state index contributed by atoms with van der Waals surface area (Å²) in [5, 5.41) is 8.94. The highest BCUT2D eigenvalue weighted by atomic mass is 32.2. The summed E-state index contributed by atoms with van der Waals surface area (Å²) >= 11 is 0. The molecule has 1 heterocycles. The third-order valence-electron chi connectivity index (χ3n) is 3.68. The van der Waals surface area contributed by atoms with Gasteiger partial charge in [0.25, 0.3) is 0 Å². The molecule has 1 aromatic carbocycles. The van der Waals surface area contributed by atoms with E-state index in [9.17, 15) is 8.42 Å². The van der Waals surface area contributed by atoms with E-state index in [1.165, 1.54) is 0 Å². The van der Waals surface area contributed by atoms with Crippen LogP contribution >= 0.6 is 0 Å². The van der Waals surface area contributed by atoms with Crippen molar-refractivity contribution < 1.29 is 8.42 Å². The molecule has 108 valence electrons. The first-order valence-corrected chi connectivity index (χ1v) is 8.79. The molecule has 1 atom stereocenters. The molecule has 0 aliphatic carbocycles. The predicted octanol–water partition coefficient (Wildman–Crippen LogP) is 1.96. The summed E-state index contributed by atoms with van der Waals surface area (Å²) in [6.45, 7) is 3.70. The van der Waals surface area contributed by atoms with E-state index < -0.39 is 9.84 Å². The lowest BCUT2D eigenvalue weighted by Gasteiger charge is -2.27. The van der Waals surface area contributed by atoms with E-state index in [-0.39, 0.29) is 11.8 Å². The van der Waals surface area contributed by atoms with Crippen molar-refractivity contribution >= 4 is 9.84 Å². The predicted molar refractivity (Wildman–Crippen MR) is 78.9 cm³/mol. The molecular formula is C15H20N2O2S. The van der Waals surface area contributed by atoms with Crippen molar-refractivity contribution in [1.82, 2.24) is 4.90 Å². The second-order valence-electron chi connectivity index (χ2n) is 5.34. The van der Waals surface area contributed by atoms with Gasteiger partial charge < -0.3 is 0 Å². The van der Waals surface area contributed by atoms with Gasteiger partial charge in [0.1, 0.15) is 0 Å². The minimum atomic E-state index is -2.86. The number of hydrogen-bond acceptors (Lipinski definition) is 4. The van der Waals surface area contributed by atoms with Crippen LogP contribution in [0.3, 0.4) is 0 Å². The van der Waals surface area contributed by atoms with Crippen molar-refractivity contribution in [1.29, 1.82) is 5.26 Å². The smallest absolute Gasteiger partial charge is 0.151 e. The molecule has 1 fully saturated rings. The lowest BCUT2D eigenvalue weighted by Crippen LogP contribution is -2.36. The fourth-order valence-corrected chi connectivity index (χ4v) is 4.48. The van der Waals surface area contributed by atoms with Crippen LogP contribution in [0.25, 0.3) is 0 Å². The van der Waals surface area contributed by atoms with Crippen molar-refractivity contribution in [2.75, 3.05) is 18.1 Å². The third-order valence-corrected chi connectivity index (χ3v) is 5.43. The summed E-state index contributed by atoms with van der Waals surface area (Å²) in [4.78, 5) is 2.24. The lowest BCUT2D eigenvalue weighted by atomic mass is 10.1. The number of sulfone groups is 1. The number of nitrogens with zero attached hydrogens (tertiary/aromatic N) is 2. The monoisotopic (exact) mass is 292 g/mol. The Kier molecular flexibility index (Phi) is 4.79. The van der Waals surface area contributed by atoms with Gasteiger partial charge in [0, 0.05) is 12.6 Å². The summed E-state index contributed by atoms with van der Waals surface area (Å²) in [7, 11) is -2.86. The zero-order chi connectivity index (χ0) is 14.6. The molecule has 0 spiro atoms. The van der Waals surface area contributed by atoms with E-state index in [4.69, 9.17) is 5.26 Å². The van der Waals surface area contributed by atoms with Crippen molar-refractivity contribution in [3.8, 4) is 6.07 Å². The minimum absolute atomic E-state index is 0.116. The molecule has 5 heteroatoms. The number of rotatable bonds is 5. The van der Waals surface area contributed by atoms with Crippen LogP contribution in [0.1, 0.15) is 30.9 Å². The maximum atomic E-state index is 11.6. The first-order valence-electron chi connectivity index (χ1n) is 6.97. The highest BCUT2D eigenvalue weighted by Crippen LogP contribution is 2.20. The number of nitriles is 1. The molecule has 1 aromatic rings. The van der Waals surface area contributed by atoms with Gasteiger partial charge in [-0.3, -0.25) is 4.90 Å². The standard InChI is InChI=1S/C15H20N2O2S/c1-2-7-17(15-6-8-20(18,19)12-15)11-14-5-3-4-13(9-14)10-16/h3-5,9,15H,2,6-8,11-12H2,1H3/t15-/m0/s1. The van der Waals surface area contributed by atoms with E-state index in [1.54, 1.807) is 6.07 Å². The molecule has 2 rings (SSSR count). The molecule has 1 saturated heterocycles. The molecule has 0 amide bonds. The van der Waals surface area contributed by atoms with Gasteiger partial charge in [0.2, 0.25) is 0 Å². The fraction of sp³-hybridized carbons (Fsp3) is 0.533. The van der Waals surface area contributed by atoms with Gasteiger partial charge in [-0.1, -0.05) is 19.1 Å². The Hall–Kier alpha value is -1.38. The van der Waals surface area contributed by atoms with Gasteiger partial charge in [-0.05, 0) is 37.1 Å². The molecule has 1 aliphatic rings. The Morgan fingerprint density at radius 3 is 2.85 bits per heavy atom. The summed E-state index contributed by atoms with van der Waals surface area (Å²) in [6.07, 6.45) is 1.72. The van der Waals surface area contributed by atoms with Crippen molar-refractivity contribution in [3.05, 3.63) is 35.4 Å². The van der Waals surface area contributed by atoms with Crippen LogP contribution in [-0.2, 0) is 16.4 Å². The third kappa shape index (κ3) is 3.81. The van der Waals surface area contributed by atoms with Crippen molar-refractivity contribution in [2.24, 2.45) is 0 Å². The molecule has 20 heavy (non-hydrogen) atoms. The van der Waals surface area contributed by atoms with Crippen molar-refractivity contribution in [3.63, 3.8) is 0 Å². The van der Waals surface area contributed by atoms with Gasteiger partial charge >= 0.3 is 0 Å². The summed E-state index contributed by atoms with van der Waals surface area (Å²) in [5.74, 6) is 0.570. The van der Waals surface area contributed by atoms with E-state index >= 15 is 0 Å². The maximum Gasteiger partial charge on any atom is 0.151 e. The fourth-order valence-electron chi connectivity index (χ4n) is 2.72. The SMILES string of the molecule is CCCN(Cc1cccc(C#N)c1)[C@H]1CCS(=O)(=O)C1.